The Balaban J connectivity index is 1.41. The van der Waals surface area contributed by atoms with Gasteiger partial charge in [0.2, 0.25) is 0 Å². The van der Waals surface area contributed by atoms with E-state index in [2.05, 4.69) is 13.0 Å². The zero-order valence-electron chi connectivity index (χ0n) is 16.4. The van der Waals surface area contributed by atoms with Crippen molar-refractivity contribution in [1.29, 1.82) is 0 Å². The second-order valence-electron chi connectivity index (χ2n) is 8.83. The largest absolute Gasteiger partial charge is 0.276 e. The lowest BCUT2D eigenvalue weighted by Crippen LogP contribution is -2.18. The first kappa shape index (κ1) is 19.9. The quantitative estimate of drug-likeness (QED) is 0.446. The predicted molar refractivity (Wildman–Crippen MR) is 111 cm³/mol. The normalized spacial score (nSPS) is 29.5. The van der Waals surface area contributed by atoms with E-state index in [9.17, 15) is 4.79 Å². The van der Waals surface area contributed by atoms with Gasteiger partial charge >= 0.3 is 0 Å². The van der Waals surface area contributed by atoms with Crippen molar-refractivity contribution in [3.8, 4) is 0 Å². The van der Waals surface area contributed by atoms with E-state index in [0.717, 1.165) is 23.3 Å². The van der Waals surface area contributed by atoms with Crippen molar-refractivity contribution in [3.63, 3.8) is 0 Å². The molecule has 0 atom stereocenters. The van der Waals surface area contributed by atoms with Gasteiger partial charge < -0.3 is 0 Å². The van der Waals surface area contributed by atoms with Gasteiger partial charge in [0.25, 0.3) is 5.24 Å². The lowest BCUT2D eigenvalue weighted by molar-refractivity contribution is 0.107. The summed E-state index contributed by atoms with van der Waals surface area (Å²) in [7, 11) is 0. The van der Waals surface area contributed by atoms with Crippen LogP contribution >= 0.6 is 11.6 Å². The van der Waals surface area contributed by atoms with Crippen LogP contribution in [0.3, 0.4) is 0 Å². The van der Waals surface area contributed by atoms with E-state index in [1.54, 1.807) is 0 Å². The van der Waals surface area contributed by atoms with E-state index >= 15 is 0 Å². The van der Waals surface area contributed by atoms with Crippen LogP contribution in [0.15, 0.2) is 24.3 Å². The Hall–Kier alpha value is -0.820. The highest BCUT2D eigenvalue weighted by Crippen LogP contribution is 2.41. The van der Waals surface area contributed by atoms with E-state index in [-0.39, 0.29) is 5.24 Å². The molecular formula is C24H35ClO. The third-order valence-electron chi connectivity index (χ3n) is 7.11. The Morgan fingerprint density at radius 1 is 0.846 bits per heavy atom. The number of carbonyl (C=O) groups is 1. The summed E-state index contributed by atoms with van der Waals surface area (Å²) >= 11 is 5.78. The molecule has 144 valence electrons. The SMILES string of the molecule is CCC[C@H]1CC[C@H](CC[C@H]2CC[C@H](c3ccccc3C(=O)Cl)CC2)CC1. The molecule has 2 fully saturated rings. The van der Waals surface area contributed by atoms with Gasteiger partial charge in [0, 0.05) is 5.56 Å². The van der Waals surface area contributed by atoms with Crippen LogP contribution in [0.4, 0.5) is 0 Å². The molecule has 1 nitrogen and oxygen atoms in total. The molecule has 2 saturated carbocycles. The number of hydrogen-bond donors (Lipinski definition) is 0. The smallest absolute Gasteiger partial charge is 0.252 e. The highest BCUT2D eigenvalue weighted by Gasteiger charge is 2.26. The maximum atomic E-state index is 11.7. The highest BCUT2D eigenvalue weighted by molar-refractivity contribution is 6.67. The first-order valence-electron chi connectivity index (χ1n) is 11.0. The molecule has 2 aliphatic carbocycles. The Bertz CT molecular complexity index is 565. The van der Waals surface area contributed by atoms with Gasteiger partial charge in [0.15, 0.2) is 0 Å². The van der Waals surface area contributed by atoms with Gasteiger partial charge in [-0.1, -0.05) is 76.5 Å². The minimum Gasteiger partial charge on any atom is -0.276 e. The fourth-order valence-electron chi connectivity index (χ4n) is 5.48. The summed E-state index contributed by atoms with van der Waals surface area (Å²) in [5, 5.41) is -0.304. The minimum atomic E-state index is -0.304. The number of carbonyl (C=O) groups excluding carboxylic acids is 1. The maximum absolute atomic E-state index is 11.7. The summed E-state index contributed by atoms with van der Waals surface area (Å²) in [6, 6.07) is 7.95. The fraction of sp³-hybridized carbons (Fsp3) is 0.708. The highest BCUT2D eigenvalue weighted by atomic mass is 35.5. The van der Waals surface area contributed by atoms with Crippen LogP contribution in [0.2, 0.25) is 0 Å². The molecular weight excluding hydrogens is 340 g/mol. The first-order chi connectivity index (χ1) is 12.7. The second kappa shape index (κ2) is 9.93. The maximum Gasteiger partial charge on any atom is 0.252 e. The molecule has 1 aromatic carbocycles. The topological polar surface area (TPSA) is 17.1 Å². The van der Waals surface area contributed by atoms with Crippen molar-refractivity contribution in [2.45, 2.75) is 89.9 Å². The van der Waals surface area contributed by atoms with Crippen molar-refractivity contribution in [3.05, 3.63) is 35.4 Å². The summed E-state index contributed by atoms with van der Waals surface area (Å²) in [5.74, 6) is 3.44. The monoisotopic (exact) mass is 374 g/mol. The van der Waals surface area contributed by atoms with E-state index in [0.29, 0.717) is 5.92 Å². The van der Waals surface area contributed by atoms with Gasteiger partial charge in [0.1, 0.15) is 0 Å². The molecule has 2 heteroatoms. The van der Waals surface area contributed by atoms with E-state index in [1.807, 2.05) is 18.2 Å². The number of benzene rings is 1. The third-order valence-corrected chi connectivity index (χ3v) is 7.31. The van der Waals surface area contributed by atoms with Gasteiger partial charge in [-0.3, -0.25) is 4.79 Å². The molecule has 0 aliphatic heterocycles. The van der Waals surface area contributed by atoms with Gasteiger partial charge in [-0.2, -0.15) is 0 Å². The number of halogens is 1. The molecule has 26 heavy (non-hydrogen) atoms. The van der Waals surface area contributed by atoms with E-state index in [4.69, 9.17) is 11.6 Å². The Labute approximate surface area is 164 Å². The van der Waals surface area contributed by atoms with E-state index in [1.165, 1.54) is 82.6 Å². The van der Waals surface area contributed by atoms with Crippen LogP contribution < -0.4 is 0 Å². The number of rotatable bonds is 7. The van der Waals surface area contributed by atoms with Crippen LogP contribution in [0.1, 0.15) is 106 Å². The van der Waals surface area contributed by atoms with Crippen LogP contribution in [-0.4, -0.2) is 5.24 Å². The number of hydrogen-bond acceptors (Lipinski definition) is 1. The molecule has 0 heterocycles. The minimum absolute atomic E-state index is 0.304. The second-order valence-corrected chi connectivity index (χ2v) is 9.17. The zero-order valence-corrected chi connectivity index (χ0v) is 17.1. The molecule has 0 saturated heterocycles. The standard InChI is InChI=1S/C24H35ClO/c1-2-5-18-8-10-19(11-9-18)12-13-20-14-16-21(17-15-20)22-6-3-4-7-23(22)24(25)26/h3-4,6-7,18-21H,2,5,8-17H2,1H3/t18-,19-,20-,21-. The molecule has 0 unspecified atom stereocenters. The molecule has 0 N–H and O–H groups in total. The van der Waals surface area contributed by atoms with Gasteiger partial charge in [-0.15, -0.1) is 0 Å². The molecule has 0 bridgehead atoms. The molecule has 0 amide bonds. The summed E-state index contributed by atoms with van der Waals surface area (Å²) in [6.45, 7) is 2.32. The average molecular weight is 375 g/mol. The molecule has 3 rings (SSSR count). The Kier molecular flexibility index (Phi) is 7.61. The summed E-state index contributed by atoms with van der Waals surface area (Å²) in [4.78, 5) is 11.7. The molecule has 1 aromatic rings. The molecule has 0 spiro atoms. The van der Waals surface area contributed by atoms with Crippen molar-refractivity contribution < 1.29 is 4.79 Å². The lowest BCUT2D eigenvalue weighted by atomic mass is 9.73. The van der Waals surface area contributed by atoms with Gasteiger partial charge in [0.05, 0.1) is 0 Å². The van der Waals surface area contributed by atoms with Crippen LogP contribution in [0.5, 0.6) is 0 Å². The Morgan fingerprint density at radius 3 is 1.88 bits per heavy atom. The summed E-state index contributed by atoms with van der Waals surface area (Å²) in [5.41, 5.74) is 1.90. The summed E-state index contributed by atoms with van der Waals surface area (Å²) in [6.07, 6.45) is 16.7. The van der Waals surface area contributed by atoms with Gasteiger partial charge in [-0.25, -0.2) is 0 Å². The molecule has 2 aliphatic rings. The van der Waals surface area contributed by atoms with Crippen molar-refractivity contribution in [1.82, 2.24) is 0 Å². The summed E-state index contributed by atoms with van der Waals surface area (Å²) < 4.78 is 0. The van der Waals surface area contributed by atoms with Crippen molar-refractivity contribution in [2.75, 3.05) is 0 Å². The molecule has 0 radical (unpaired) electrons. The average Bonchev–Trinajstić information content (AvgIpc) is 2.68. The lowest BCUT2D eigenvalue weighted by Gasteiger charge is -2.32. The van der Waals surface area contributed by atoms with Crippen molar-refractivity contribution >= 4 is 16.8 Å². The molecule has 0 aromatic heterocycles. The van der Waals surface area contributed by atoms with Gasteiger partial charge in [-0.05, 0) is 72.6 Å². The van der Waals surface area contributed by atoms with E-state index < -0.39 is 0 Å². The van der Waals surface area contributed by atoms with Crippen LogP contribution in [-0.2, 0) is 0 Å². The Morgan fingerprint density at radius 2 is 1.35 bits per heavy atom. The van der Waals surface area contributed by atoms with Crippen molar-refractivity contribution in [2.24, 2.45) is 17.8 Å². The first-order valence-corrected chi connectivity index (χ1v) is 11.3. The van der Waals surface area contributed by atoms with Crippen LogP contribution in [0, 0.1) is 17.8 Å². The zero-order chi connectivity index (χ0) is 18.4. The predicted octanol–water partition coefficient (Wildman–Crippen LogP) is 7.73. The third kappa shape index (κ3) is 5.35. The van der Waals surface area contributed by atoms with Crippen LogP contribution in [0.25, 0.3) is 0 Å². The fourth-order valence-corrected chi connectivity index (χ4v) is 5.65.